The number of halogens is 1. The zero-order valence-electron chi connectivity index (χ0n) is 11.0. The molecular weight excluding hydrogens is 288 g/mol. The lowest BCUT2D eigenvalue weighted by Crippen LogP contribution is -2.68. The highest BCUT2D eigenvalue weighted by molar-refractivity contribution is 6.30. The van der Waals surface area contributed by atoms with Gasteiger partial charge >= 0.3 is 0 Å². The van der Waals surface area contributed by atoms with Crippen LogP contribution in [-0.4, -0.2) is 22.1 Å². The van der Waals surface area contributed by atoms with Crippen LogP contribution in [0.1, 0.15) is 5.56 Å². The fourth-order valence-corrected chi connectivity index (χ4v) is 2.95. The van der Waals surface area contributed by atoms with Gasteiger partial charge in [0.25, 0.3) is 0 Å². The molecule has 0 aromatic heterocycles. The summed E-state index contributed by atoms with van der Waals surface area (Å²) in [5.41, 5.74) is 0.0625. The Morgan fingerprint density at radius 3 is 2.62 bits per heavy atom. The number of nitriles is 1. The van der Waals surface area contributed by atoms with E-state index >= 15 is 0 Å². The quantitative estimate of drug-likeness (QED) is 0.787. The van der Waals surface area contributed by atoms with Crippen molar-refractivity contribution in [2.75, 3.05) is 0 Å². The number of benzene rings is 1. The van der Waals surface area contributed by atoms with Gasteiger partial charge in [0.2, 0.25) is 5.91 Å². The van der Waals surface area contributed by atoms with E-state index in [2.05, 4.69) is 0 Å². The summed E-state index contributed by atoms with van der Waals surface area (Å²) in [5.74, 6) is -1.15. The van der Waals surface area contributed by atoms with Crippen molar-refractivity contribution in [2.45, 2.75) is 12.1 Å². The molecule has 2 aliphatic rings. The number of likely N-dealkylation sites (tertiary alicyclic amines) is 1. The minimum atomic E-state index is -0.817. The Labute approximate surface area is 126 Å². The average Bonchev–Trinajstić information content (AvgIpc) is 2.47. The van der Waals surface area contributed by atoms with E-state index in [0.29, 0.717) is 11.6 Å². The number of amides is 1. The lowest BCUT2D eigenvalue weighted by Gasteiger charge is -2.52. The third-order valence-electron chi connectivity index (χ3n) is 3.83. The number of allylic oxidation sites excluding steroid dienone is 2. The van der Waals surface area contributed by atoms with E-state index in [1.54, 1.807) is 29.2 Å². The number of carbonyl (C=O) groups excluding carboxylic acids is 2. The molecule has 1 saturated heterocycles. The first-order chi connectivity index (χ1) is 10.1. The fraction of sp³-hybridized carbons (Fsp3) is 0.188. The number of carbonyl (C=O) groups is 2. The molecule has 1 unspecified atom stereocenters. The zero-order valence-corrected chi connectivity index (χ0v) is 11.7. The maximum atomic E-state index is 12.2. The van der Waals surface area contributed by atoms with Crippen molar-refractivity contribution in [3.63, 3.8) is 0 Å². The van der Waals surface area contributed by atoms with E-state index < -0.39 is 11.5 Å². The molecule has 1 aromatic rings. The second-order valence-corrected chi connectivity index (χ2v) is 5.51. The van der Waals surface area contributed by atoms with Crippen molar-refractivity contribution in [3.05, 3.63) is 59.2 Å². The van der Waals surface area contributed by atoms with Crippen LogP contribution < -0.4 is 0 Å². The van der Waals surface area contributed by atoms with Crippen LogP contribution in [0.3, 0.4) is 0 Å². The molecule has 1 heterocycles. The lowest BCUT2D eigenvalue weighted by molar-refractivity contribution is -0.157. The smallest absolute Gasteiger partial charge is 0.244 e. The molecule has 1 aliphatic carbocycles. The van der Waals surface area contributed by atoms with Crippen molar-refractivity contribution in [1.29, 1.82) is 5.26 Å². The predicted molar refractivity (Wildman–Crippen MR) is 77.1 cm³/mol. The Bertz CT molecular complexity index is 714. The van der Waals surface area contributed by atoms with Crippen molar-refractivity contribution in [3.8, 4) is 6.07 Å². The van der Waals surface area contributed by atoms with Crippen molar-refractivity contribution < 1.29 is 9.59 Å². The molecule has 1 atom stereocenters. The van der Waals surface area contributed by atoms with E-state index in [-0.39, 0.29) is 11.7 Å². The first-order valence-electron chi connectivity index (χ1n) is 6.45. The predicted octanol–water partition coefficient (Wildman–Crippen LogP) is 2.26. The number of ketones is 1. The van der Waals surface area contributed by atoms with E-state index in [4.69, 9.17) is 11.6 Å². The Kier molecular flexibility index (Phi) is 3.15. The summed E-state index contributed by atoms with van der Waals surface area (Å²) in [6.07, 6.45) is 6.08. The summed E-state index contributed by atoms with van der Waals surface area (Å²) in [6.45, 7) is 0.348. The Morgan fingerprint density at radius 2 is 2.00 bits per heavy atom. The molecule has 104 valence electrons. The minimum Gasteiger partial charge on any atom is -0.323 e. The summed E-state index contributed by atoms with van der Waals surface area (Å²) >= 11 is 5.95. The number of β-lactam (4-membered cyclic amide) rings is 1. The summed E-state index contributed by atoms with van der Waals surface area (Å²) < 4.78 is 0. The normalized spacial score (nSPS) is 22.3. The highest BCUT2D eigenvalue weighted by Crippen LogP contribution is 2.42. The minimum absolute atomic E-state index is 0.139. The van der Waals surface area contributed by atoms with Crippen LogP contribution in [0.4, 0.5) is 0 Å². The van der Waals surface area contributed by atoms with Crippen molar-refractivity contribution >= 4 is 23.3 Å². The fourth-order valence-electron chi connectivity index (χ4n) is 2.74. The van der Waals surface area contributed by atoms with Crippen LogP contribution >= 0.6 is 11.6 Å². The number of hydrogen-bond acceptors (Lipinski definition) is 3. The molecule has 1 amide bonds. The van der Waals surface area contributed by atoms with Gasteiger partial charge in [0.15, 0.2) is 11.7 Å². The second kappa shape index (κ2) is 4.87. The van der Waals surface area contributed by atoms with Gasteiger partial charge in [-0.15, -0.1) is 0 Å². The molecule has 0 saturated carbocycles. The molecule has 1 aliphatic heterocycles. The van der Waals surface area contributed by atoms with Crippen LogP contribution in [0.25, 0.3) is 0 Å². The second-order valence-electron chi connectivity index (χ2n) is 5.07. The number of nitrogens with zero attached hydrogens (tertiary/aromatic N) is 2. The van der Waals surface area contributed by atoms with Gasteiger partial charge in [-0.1, -0.05) is 23.7 Å². The van der Waals surface area contributed by atoms with Crippen LogP contribution in [0, 0.1) is 17.2 Å². The van der Waals surface area contributed by atoms with Gasteiger partial charge in [-0.05, 0) is 42.0 Å². The van der Waals surface area contributed by atoms with Crippen LogP contribution in [0.5, 0.6) is 0 Å². The molecule has 5 heteroatoms. The molecular formula is C16H11ClN2O2. The van der Waals surface area contributed by atoms with Crippen LogP contribution in [-0.2, 0) is 16.1 Å². The molecule has 21 heavy (non-hydrogen) atoms. The largest absolute Gasteiger partial charge is 0.323 e. The summed E-state index contributed by atoms with van der Waals surface area (Å²) in [5, 5.41) is 9.79. The van der Waals surface area contributed by atoms with Crippen molar-refractivity contribution in [2.24, 2.45) is 5.92 Å². The monoisotopic (exact) mass is 298 g/mol. The molecule has 3 rings (SSSR count). The maximum absolute atomic E-state index is 12.2. The van der Waals surface area contributed by atoms with Crippen molar-refractivity contribution in [1.82, 2.24) is 4.90 Å². The standard InChI is InChI=1S/C16H11ClN2O2/c17-12-3-1-2-11(8-12)10-19-15(21)14(9-18)16(19)6-4-13(20)5-7-16/h1-8,14H,10H2. The third-order valence-corrected chi connectivity index (χ3v) is 4.07. The maximum Gasteiger partial charge on any atom is 0.244 e. The van der Waals surface area contributed by atoms with Crippen LogP contribution in [0.15, 0.2) is 48.6 Å². The Hall–Kier alpha value is -2.38. The van der Waals surface area contributed by atoms with Gasteiger partial charge < -0.3 is 4.90 Å². The summed E-state index contributed by atoms with van der Waals surface area (Å²) in [7, 11) is 0. The van der Waals surface area contributed by atoms with Gasteiger partial charge in [-0.3, -0.25) is 9.59 Å². The van der Waals surface area contributed by atoms with Gasteiger partial charge in [0.05, 0.1) is 6.07 Å². The highest BCUT2D eigenvalue weighted by atomic mass is 35.5. The van der Waals surface area contributed by atoms with Gasteiger partial charge in [-0.25, -0.2) is 0 Å². The SMILES string of the molecule is N#CC1C(=O)N(Cc2cccc(Cl)c2)C12C=CC(=O)C=C2. The average molecular weight is 299 g/mol. The molecule has 0 N–H and O–H groups in total. The van der Waals surface area contributed by atoms with Gasteiger partial charge in [-0.2, -0.15) is 5.26 Å². The third kappa shape index (κ3) is 2.07. The Balaban J connectivity index is 1.93. The topological polar surface area (TPSA) is 61.2 Å². The van der Waals surface area contributed by atoms with Crippen LogP contribution in [0.2, 0.25) is 5.02 Å². The molecule has 4 nitrogen and oxygen atoms in total. The number of hydrogen-bond donors (Lipinski definition) is 0. The number of rotatable bonds is 2. The van der Waals surface area contributed by atoms with E-state index in [9.17, 15) is 14.9 Å². The first-order valence-corrected chi connectivity index (χ1v) is 6.82. The Morgan fingerprint density at radius 1 is 1.29 bits per heavy atom. The lowest BCUT2D eigenvalue weighted by atomic mass is 9.71. The van der Waals surface area contributed by atoms with E-state index in [0.717, 1.165) is 5.56 Å². The molecule has 0 radical (unpaired) electrons. The summed E-state index contributed by atoms with van der Waals surface area (Å²) in [4.78, 5) is 25.0. The van der Waals surface area contributed by atoms with Gasteiger partial charge in [0.1, 0.15) is 5.54 Å². The first kappa shape index (κ1) is 13.6. The van der Waals surface area contributed by atoms with E-state index in [1.165, 1.54) is 12.2 Å². The van der Waals surface area contributed by atoms with Gasteiger partial charge in [0, 0.05) is 11.6 Å². The molecule has 1 fully saturated rings. The molecule has 1 spiro atoms. The highest BCUT2D eigenvalue weighted by Gasteiger charge is 2.58. The molecule has 1 aromatic carbocycles. The summed E-state index contributed by atoms with van der Waals surface area (Å²) in [6, 6.07) is 9.24. The molecule has 0 bridgehead atoms. The zero-order chi connectivity index (χ0) is 15.0. The van der Waals surface area contributed by atoms with E-state index in [1.807, 2.05) is 18.2 Å².